The smallest absolute Gasteiger partial charge is 0.243 e. The van der Waals surface area contributed by atoms with Crippen LogP contribution in [0.3, 0.4) is 0 Å². The van der Waals surface area contributed by atoms with Crippen LogP contribution in [0.25, 0.3) is 10.8 Å². The van der Waals surface area contributed by atoms with E-state index in [0.717, 1.165) is 15.7 Å². The lowest BCUT2D eigenvalue weighted by Crippen LogP contribution is -2.30. The predicted molar refractivity (Wildman–Crippen MR) is 126 cm³/mol. The van der Waals surface area contributed by atoms with Gasteiger partial charge < -0.3 is 10.1 Å². The summed E-state index contributed by atoms with van der Waals surface area (Å²) in [4.78, 5) is 13.7. The van der Waals surface area contributed by atoms with Crippen LogP contribution >= 0.6 is 11.8 Å². The zero-order valence-corrected chi connectivity index (χ0v) is 19.4. The van der Waals surface area contributed by atoms with Gasteiger partial charge in [-0.3, -0.25) is 4.79 Å². The topological polar surface area (TPSA) is 75.7 Å². The molecule has 0 saturated carbocycles. The van der Waals surface area contributed by atoms with Gasteiger partial charge in [0.1, 0.15) is 5.75 Å². The molecule has 0 aliphatic heterocycles. The van der Waals surface area contributed by atoms with Crippen LogP contribution in [0, 0.1) is 0 Å². The van der Waals surface area contributed by atoms with Gasteiger partial charge in [0.15, 0.2) is 0 Å². The van der Waals surface area contributed by atoms with E-state index in [1.165, 1.54) is 35.3 Å². The minimum atomic E-state index is -3.64. The van der Waals surface area contributed by atoms with Crippen molar-refractivity contribution in [3.8, 4) is 5.75 Å². The monoisotopic (exact) mass is 458 g/mol. The second-order valence-corrected chi connectivity index (χ2v) is 9.78. The molecule has 1 amide bonds. The third kappa shape index (κ3) is 5.39. The largest absolute Gasteiger partial charge is 0.495 e. The van der Waals surface area contributed by atoms with Gasteiger partial charge in [-0.25, -0.2) is 8.42 Å². The Morgan fingerprint density at radius 1 is 1.00 bits per heavy atom. The van der Waals surface area contributed by atoms with Gasteiger partial charge in [-0.15, -0.1) is 11.8 Å². The fourth-order valence-electron chi connectivity index (χ4n) is 3.25. The first-order valence-corrected chi connectivity index (χ1v) is 12.4. The van der Waals surface area contributed by atoms with Crippen LogP contribution in [-0.4, -0.2) is 44.6 Å². The SMILES string of the molecule is CCN(CC)S(=O)(=O)c1ccc(OC)c(NC(=O)CSc2ccc3ccccc3c2)c1. The highest BCUT2D eigenvalue weighted by Gasteiger charge is 2.23. The maximum Gasteiger partial charge on any atom is 0.243 e. The van der Waals surface area contributed by atoms with Crippen molar-refractivity contribution in [3.05, 3.63) is 60.7 Å². The zero-order chi connectivity index (χ0) is 22.4. The third-order valence-corrected chi connectivity index (χ3v) is 7.92. The number of nitrogens with one attached hydrogen (secondary N) is 1. The molecule has 0 unspecified atom stereocenters. The Kier molecular flexibility index (Phi) is 7.59. The van der Waals surface area contributed by atoms with Gasteiger partial charge in [-0.2, -0.15) is 4.31 Å². The van der Waals surface area contributed by atoms with Gasteiger partial charge in [0.05, 0.1) is 23.4 Å². The van der Waals surface area contributed by atoms with Crippen molar-refractivity contribution < 1.29 is 17.9 Å². The summed E-state index contributed by atoms with van der Waals surface area (Å²) in [7, 11) is -2.16. The van der Waals surface area contributed by atoms with E-state index in [1.807, 2.05) is 42.5 Å². The van der Waals surface area contributed by atoms with Gasteiger partial charge in [-0.1, -0.05) is 44.2 Å². The minimum absolute atomic E-state index is 0.120. The van der Waals surface area contributed by atoms with Gasteiger partial charge in [0.2, 0.25) is 15.9 Å². The average Bonchev–Trinajstić information content (AvgIpc) is 2.78. The molecular formula is C23H26N2O4S2. The van der Waals surface area contributed by atoms with E-state index in [1.54, 1.807) is 19.9 Å². The Labute approximate surface area is 187 Å². The number of fused-ring (bicyclic) bond motifs is 1. The van der Waals surface area contributed by atoms with E-state index in [9.17, 15) is 13.2 Å². The second kappa shape index (κ2) is 10.2. The fourth-order valence-corrected chi connectivity index (χ4v) is 5.48. The number of sulfonamides is 1. The number of ether oxygens (including phenoxy) is 1. The van der Waals surface area contributed by atoms with Gasteiger partial charge in [0.25, 0.3) is 0 Å². The number of thioether (sulfide) groups is 1. The lowest BCUT2D eigenvalue weighted by molar-refractivity contribution is -0.113. The molecule has 1 N–H and O–H groups in total. The van der Waals surface area contributed by atoms with Crippen LogP contribution in [-0.2, 0) is 14.8 Å². The summed E-state index contributed by atoms with van der Waals surface area (Å²) in [5.41, 5.74) is 0.333. The highest BCUT2D eigenvalue weighted by atomic mass is 32.2. The standard InChI is InChI=1S/C23H26N2O4S2/c1-4-25(5-2)31(27,28)20-12-13-22(29-3)21(15-20)24-23(26)16-30-19-11-10-17-8-6-7-9-18(17)14-19/h6-15H,4-5,16H2,1-3H3,(H,24,26). The number of carbonyl (C=O) groups excluding carboxylic acids is 1. The molecule has 31 heavy (non-hydrogen) atoms. The summed E-state index contributed by atoms with van der Waals surface area (Å²) in [6.07, 6.45) is 0. The summed E-state index contributed by atoms with van der Waals surface area (Å²) >= 11 is 1.42. The third-order valence-electron chi connectivity index (χ3n) is 4.88. The maximum atomic E-state index is 12.8. The molecule has 0 spiro atoms. The van der Waals surface area contributed by atoms with Crippen LogP contribution in [0.5, 0.6) is 5.75 Å². The zero-order valence-electron chi connectivity index (χ0n) is 17.8. The molecule has 3 aromatic rings. The summed E-state index contributed by atoms with van der Waals surface area (Å²) in [5, 5.41) is 5.05. The molecule has 164 valence electrons. The number of methoxy groups -OCH3 is 1. The van der Waals surface area contributed by atoms with Crippen molar-refractivity contribution in [2.75, 3.05) is 31.3 Å². The van der Waals surface area contributed by atoms with Crippen LogP contribution in [0.15, 0.2) is 70.5 Å². The molecule has 0 radical (unpaired) electrons. The number of nitrogens with zero attached hydrogens (tertiary/aromatic N) is 1. The highest BCUT2D eigenvalue weighted by molar-refractivity contribution is 8.00. The molecule has 0 heterocycles. The first-order valence-electron chi connectivity index (χ1n) is 9.98. The lowest BCUT2D eigenvalue weighted by Gasteiger charge is -2.19. The van der Waals surface area contributed by atoms with Gasteiger partial charge in [-0.05, 0) is 41.1 Å². The Bertz CT molecular complexity index is 1180. The van der Waals surface area contributed by atoms with Crippen LogP contribution in [0.4, 0.5) is 5.69 Å². The maximum absolute atomic E-state index is 12.8. The minimum Gasteiger partial charge on any atom is -0.495 e. The molecule has 0 fully saturated rings. The van der Waals surface area contributed by atoms with E-state index >= 15 is 0 Å². The Morgan fingerprint density at radius 3 is 2.39 bits per heavy atom. The Hall–Kier alpha value is -2.55. The molecule has 3 aromatic carbocycles. The van der Waals surface area contributed by atoms with E-state index in [-0.39, 0.29) is 16.6 Å². The molecule has 8 heteroatoms. The molecule has 0 bridgehead atoms. The number of hydrogen-bond acceptors (Lipinski definition) is 5. The van der Waals surface area contributed by atoms with E-state index in [4.69, 9.17) is 4.74 Å². The molecular weight excluding hydrogens is 432 g/mol. The lowest BCUT2D eigenvalue weighted by atomic mass is 10.1. The molecule has 0 saturated heterocycles. The van der Waals surface area contributed by atoms with Crippen molar-refractivity contribution in [2.24, 2.45) is 0 Å². The first kappa shape index (κ1) is 23.1. The van der Waals surface area contributed by atoms with Gasteiger partial charge >= 0.3 is 0 Å². The predicted octanol–water partition coefficient (Wildman–Crippen LogP) is 4.61. The van der Waals surface area contributed by atoms with E-state index < -0.39 is 10.0 Å². The van der Waals surface area contributed by atoms with Crippen molar-refractivity contribution in [1.82, 2.24) is 4.31 Å². The number of benzene rings is 3. The summed E-state index contributed by atoms with van der Waals surface area (Å²) in [6, 6.07) is 18.6. The summed E-state index contributed by atoms with van der Waals surface area (Å²) in [6.45, 7) is 4.32. The number of carbonyl (C=O) groups is 1. The molecule has 3 rings (SSSR count). The highest BCUT2D eigenvalue weighted by Crippen LogP contribution is 2.30. The Morgan fingerprint density at radius 2 is 1.71 bits per heavy atom. The Balaban J connectivity index is 1.74. The molecule has 0 aromatic heterocycles. The van der Waals surface area contributed by atoms with Crippen LogP contribution in [0.2, 0.25) is 0 Å². The normalized spacial score (nSPS) is 11.6. The van der Waals surface area contributed by atoms with Crippen LogP contribution < -0.4 is 10.1 Å². The van der Waals surface area contributed by atoms with Crippen molar-refractivity contribution in [3.63, 3.8) is 0 Å². The number of amides is 1. The van der Waals surface area contributed by atoms with Crippen molar-refractivity contribution in [2.45, 2.75) is 23.6 Å². The van der Waals surface area contributed by atoms with Gasteiger partial charge in [0, 0.05) is 18.0 Å². The number of hydrogen-bond donors (Lipinski definition) is 1. The molecule has 0 atom stereocenters. The average molecular weight is 459 g/mol. The quantitative estimate of drug-likeness (QED) is 0.474. The van der Waals surface area contributed by atoms with E-state index in [2.05, 4.69) is 5.32 Å². The molecule has 0 aliphatic rings. The van der Waals surface area contributed by atoms with Crippen LogP contribution in [0.1, 0.15) is 13.8 Å². The van der Waals surface area contributed by atoms with Crippen molar-refractivity contribution >= 4 is 44.2 Å². The first-order chi connectivity index (χ1) is 14.9. The van der Waals surface area contributed by atoms with E-state index in [0.29, 0.717) is 24.5 Å². The number of anilines is 1. The second-order valence-electron chi connectivity index (χ2n) is 6.80. The number of rotatable bonds is 9. The van der Waals surface area contributed by atoms with Crippen molar-refractivity contribution in [1.29, 1.82) is 0 Å². The molecule has 0 aliphatic carbocycles. The summed E-state index contributed by atoms with van der Waals surface area (Å²) in [5.74, 6) is 0.352. The fraction of sp³-hybridized carbons (Fsp3) is 0.261. The summed E-state index contributed by atoms with van der Waals surface area (Å²) < 4.78 is 32.3. The molecule has 6 nitrogen and oxygen atoms in total.